The van der Waals surface area contributed by atoms with Gasteiger partial charge in [-0.3, -0.25) is 0 Å². The molecule has 0 saturated heterocycles. The minimum absolute atomic E-state index is 0.210. The molecule has 128 valence electrons. The standard InChI is InChI=1S/C16H23NO6/c1-16(2,3)23-15(20)17-8-9-21-10-11-22-13-6-4-12(5-7-13)14(18)19/h4-7H,8-11H2,1-3H3,(H,17,20)(H,18,19). The van der Waals surface area contributed by atoms with Crippen molar-refractivity contribution >= 4 is 12.1 Å². The zero-order chi connectivity index (χ0) is 17.3. The second-order valence-corrected chi connectivity index (χ2v) is 5.72. The first-order valence-electron chi connectivity index (χ1n) is 7.29. The molecule has 7 heteroatoms. The van der Waals surface area contributed by atoms with Crippen molar-refractivity contribution in [1.82, 2.24) is 5.32 Å². The van der Waals surface area contributed by atoms with E-state index in [1.165, 1.54) is 12.1 Å². The molecule has 0 aliphatic carbocycles. The van der Waals surface area contributed by atoms with Gasteiger partial charge in [0.1, 0.15) is 18.0 Å². The summed E-state index contributed by atoms with van der Waals surface area (Å²) in [6.45, 7) is 6.77. The number of aromatic carboxylic acids is 1. The molecule has 0 aromatic heterocycles. The highest BCUT2D eigenvalue weighted by Crippen LogP contribution is 2.11. The Bertz CT molecular complexity index is 506. The summed E-state index contributed by atoms with van der Waals surface area (Å²) < 4.78 is 15.8. The number of rotatable bonds is 8. The van der Waals surface area contributed by atoms with Crippen LogP contribution in [0.1, 0.15) is 31.1 Å². The lowest BCUT2D eigenvalue weighted by atomic mass is 10.2. The minimum Gasteiger partial charge on any atom is -0.491 e. The Kier molecular flexibility index (Phi) is 7.34. The van der Waals surface area contributed by atoms with Gasteiger partial charge in [-0.05, 0) is 45.0 Å². The summed E-state index contributed by atoms with van der Waals surface area (Å²) in [7, 11) is 0. The first-order valence-corrected chi connectivity index (χ1v) is 7.29. The molecule has 0 spiro atoms. The Morgan fingerprint density at radius 3 is 2.30 bits per heavy atom. The number of ether oxygens (including phenoxy) is 3. The fourth-order valence-corrected chi connectivity index (χ4v) is 1.55. The number of nitrogens with one attached hydrogen (secondary N) is 1. The summed E-state index contributed by atoms with van der Waals surface area (Å²) in [6.07, 6.45) is -0.476. The van der Waals surface area contributed by atoms with Crippen molar-refractivity contribution in [3.05, 3.63) is 29.8 Å². The van der Waals surface area contributed by atoms with E-state index in [1.807, 2.05) is 0 Å². The largest absolute Gasteiger partial charge is 0.491 e. The molecular weight excluding hydrogens is 302 g/mol. The van der Waals surface area contributed by atoms with E-state index in [0.29, 0.717) is 32.1 Å². The van der Waals surface area contributed by atoms with Crippen molar-refractivity contribution in [2.75, 3.05) is 26.4 Å². The smallest absolute Gasteiger partial charge is 0.407 e. The van der Waals surface area contributed by atoms with Gasteiger partial charge in [0.15, 0.2) is 0 Å². The maximum atomic E-state index is 11.4. The van der Waals surface area contributed by atoms with Crippen LogP contribution >= 0.6 is 0 Å². The first-order chi connectivity index (χ1) is 10.8. The number of amides is 1. The van der Waals surface area contributed by atoms with Gasteiger partial charge in [0, 0.05) is 6.54 Å². The number of hydrogen-bond donors (Lipinski definition) is 2. The Balaban J connectivity index is 2.07. The summed E-state index contributed by atoms with van der Waals surface area (Å²) in [6, 6.07) is 6.13. The van der Waals surface area contributed by atoms with E-state index < -0.39 is 17.7 Å². The molecule has 2 N–H and O–H groups in total. The topological polar surface area (TPSA) is 94.1 Å². The SMILES string of the molecule is CC(C)(C)OC(=O)NCCOCCOc1ccc(C(=O)O)cc1. The summed E-state index contributed by atoms with van der Waals surface area (Å²) in [5.74, 6) is -0.400. The van der Waals surface area contributed by atoms with E-state index >= 15 is 0 Å². The number of hydrogen-bond acceptors (Lipinski definition) is 5. The third kappa shape index (κ3) is 8.67. The molecule has 0 unspecified atom stereocenters. The van der Waals surface area contributed by atoms with E-state index in [-0.39, 0.29) is 5.56 Å². The van der Waals surface area contributed by atoms with Gasteiger partial charge in [0.25, 0.3) is 0 Å². The predicted molar refractivity (Wildman–Crippen MR) is 84.0 cm³/mol. The number of carboxylic acids is 1. The van der Waals surface area contributed by atoms with E-state index in [1.54, 1.807) is 32.9 Å². The summed E-state index contributed by atoms with van der Waals surface area (Å²) in [5, 5.41) is 11.4. The molecule has 1 aromatic rings. The molecule has 1 aromatic carbocycles. The van der Waals surface area contributed by atoms with Gasteiger partial charge in [-0.25, -0.2) is 9.59 Å². The van der Waals surface area contributed by atoms with Crippen molar-refractivity contribution in [1.29, 1.82) is 0 Å². The van der Waals surface area contributed by atoms with E-state index in [4.69, 9.17) is 19.3 Å². The lowest BCUT2D eigenvalue weighted by Crippen LogP contribution is -2.34. The van der Waals surface area contributed by atoms with Gasteiger partial charge in [-0.15, -0.1) is 0 Å². The maximum Gasteiger partial charge on any atom is 0.407 e. The fraction of sp³-hybridized carbons (Fsp3) is 0.500. The zero-order valence-electron chi connectivity index (χ0n) is 13.6. The van der Waals surface area contributed by atoms with Crippen LogP contribution in [0.15, 0.2) is 24.3 Å². The third-order valence-corrected chi connectivity index (χ3v) is 2.51. The highest BCUT2D eigenvalue weighted by molar-refractivity contribution is 5.87. The molecular formula is C16H23NO6. The van der Waals surface area contributed by atoms with Crippen LogP contribution in [0.3, 0.4) is 0 Å². The third-order valence-electron chi connectivity index (χ3n) is 2.51. The molecule has 0 bridgehead atoms. The van der Waals surface area contributed by atoms with Crippen LogP contribution in [0.5, 0.6) is 5.75 Å². The molecule has 0 aliphatic rings. The number of benzene rings is 1. The average molecular weight is 325 g/mol. The average Bonchev–Trinajstić information content (AvgIpc) is 2.45. The van der Waals surface area contributed by atoms with E-state index in [0.717, 1.165) is 0 Å². The minimum atomic E-state index is -0.975. The number of carboxylic acid groups (broad SMARTS) is 1. The quantitative estimate of drug-likeness (QED) is 0.712. The Morgan fingerprint density at radius 1 is 1.09 bits per heavy atom. The normalized spacial score (nSPS) is 10.9. The molecule has 23 heavy (non-hydrogen) atoms. The molecule has 0 radical (unpaired) electrons. The van der Waals surface area contributed by atoms with E-state index in [9.17, 15) is 9.59 Å². The van der Waals surface area contributed by atoms with Crippen LogP contribution in [0.4, 0.5) is 4.79 Å². The molecule has 0 saturated carbocycles. The second kappa shape index (κ2) is 8.99. The van der Waals surface area contributed by atoms with Gasteiger partial charge < -0.3 is 24.6 Å². The van der Waals surface area contributed by atoms with Gasteiger partial charge in [-0.1, -0.05) is 0 Å². The van der Waals surface area contributed by atoms with Crippen LogP contribution in [0.2, 0.25) is 0 Å². The maximum absolute atomic E-state index is 11.4. The van der Waals surface area contributed by atoms with Gasteiger partial charge >= 0.3 is 12.1 Å². The van der Waals surface area contributed by atoms with Crippen molar-refractivity contribution in [2.45, 2.75) is 26.4 Å². The first kappa shape index (κ1) is 18.8. The van der Waals surface area contributed by atoms with Crippen molar-refractivity contribution in [2.24, 2.45) is 0 Å². The van der Waals surface area contributed by atoms with Crippen molar-refractivity contribution in [3.8, 4) is 5.75 Å². The van der Waals surface area contributed by atoms with Crippen LogP contribution in [-0.4, -0.2) is 49.1 Å². The van der Waals surface area contributed by atoms with E-state index in [2.05, 4.69) is 5.32 Å². The Morgan fingerprint density at radius 2 is 1.74 bits per heavy atom. The van der Waals surface area contributed by atoms with Gasteiger partial charge in [0.2, 0.25) is 0 Å². The second-order valence-electron chi connectivity index (χ2n) is 5.72. The molecule has 0 atom stereocenters. The molecule has 1 rings (SSSR count). The number of alkyl carbamates (subject to hydrolysis) is 1. The highest BCUT2D eigenvalue weighted by Gasteiger charge is 2.15. The summed E-state index contributed by atoms with van der Waals surface area (Å²) in [5.41, 5.74) is -0.309. The lowest BCUT2D eigenvalue weighted by molar-refractivity contribution is 0.0488. The van der Waals surface area contributed by atoms with Gasteiger partial charge in [0.05, 0.1) is 18.8 Å². The van der Waals surface area contributed by atoms with Crippen LogP contribution in [0.25, 0.3) is 0 Å². The molecule has 0 heterocycles. The Hall–Kier alpha value is -2.28. The Labute approximate surface area is 135 Å². The lowest BCUT2D eigenvalue weighted by Gasteiger charge is -2.19. The monoisotopic (exact) mass is 325 g/mol. The van der Waals surface area contributed by atoms with Gasteiger partial charge in [-0.2, -0.15) is 0 Å². The summed E-state index contributed by atoms with van der Waals surface area (Å²) in [4.78, 5) is 22.1. The fourth-order valence-electron chi connectivity index (χ4n) is 1.55. The van der Waals surface area contributed by atoms with Crippen LogP contribution in [0, 0.1) is 0 Å². The number of carbonyl (C=O) groups excluding carboxylic acids is 1. The van der Waals surface area contributed by atoms with Crippen LogP contribution in [-0.2, 0) is 9.47 Å². The zero-order valence-corrected chi connectivity index (χ0v) is 13.6. The van der Waals surface area contributed by atoms with Crippen molar-refractivity contribution in [3.63, 3.8) is 0 Å². The highest BCUT2D eigenvalue weighted by atomic mass is 16.6. The molecule has 7 nitrogen and oxygen atoms in total. The molecule has 0 aliphatic heterocycles. The summed E-state index contributed by atoms with van der Waals surface area (Å²) >= 11 is 0. The predicted octanol–water partition coefficient (Wildman–Crippen LogP) is 2.30. The van der Waals surface area contributed by atoms with Crippen molar-refractivity contribution < 1.29 is 28.9 Å². The number of carbonyl (C=O) groups is 2. The molecule has 0 fully saturated rings. The molecule has 1 amide bonds. The van der Waals surface area contributed by atoms with Crippen LogP contribution < -0.4 is 10.1 Å².